The van der Waals surface area contributed by atoms with Gasteiger partial charge in [0, 0.05) is 18.1 Å². The Morgan fingerprint density at radius 1 is 1.35 bits per heavy atom. The van der Waals surface area contributed by atoms with Gasteiger partial charge in [0.2, 0.25) is 5.91 Å². The molecular formula is C12H16N2O5S. The fraction of sp³-hybridized carbons (Fsp3) is 0.417. The number of amides is 1. The number of benzene rings is 1. The van der Waals surface area contributed by atoms with Crippen molar-refractivity contribution in [3.05, 3.63) is 34.4 Å². The molecule has 8 heteroatoms. The average molecular weight is 300 g/mol. The smallest absolute Gasteiger partial charge is 0.269 e. The molecule has 7 nitrogen and oxygen atoms in total. The van der Waals surface area contributed by atoms with Gasteiger partial charge in [-0.25, -0.2) is 13.1 Å². The number of nitrogens with one attached hydrogen (secondary N) is 1. The maximum atomic E-state index is 11.9. The highest BCUT2D eigenvalue weighted by Gasteiger charge is 2.21. The zero-order valence-corrected chi connectivity index (χ0v) is 12.0. The summed E-state index contributed by atoms with van der Waals surface area (Å²) in [6, 6.07) is 4.35. The summed E-state index contributed by atoms with van der Waals surface area (Å²) in [5.74, 6) is -0.988. The summed E-state index contributed by atoms with van der Waals surface area (Å²) in [6.07, 6.45) is 1.35. The van der Waals surface area contributed by atoms with Gasteiger partial charge in [-0.3, -0.25) is 14.9 Å². The van der Waals surface area contributed by atoms with Gasteiger partial charge in [-0.05, 0) is 18.6 Å². The van der Waals surface area contributed by atoms with E-state index >= 15 is 0 Å². The predicted octanol–water partition coefficient (Wildman–Crippen LogP) is 1.84. The Bertz CT molecular complexity index is 595. The molecule has 1 aromatic rings. The Balaban J connectivity index is 2.88. The lowest BCUT2D eigenvalue weighted by Crippen LogP contribution is -2.34. The molecule has 0 saturated heterocycles. The average Bonchev–Trinajstić information content (AvgIpc) is 2.38. The summed E-state index contributed by atoms with van der Waals surface area (Å²) < 4.78 is 25.8. The summed E-state index contributed by atoms with van der Waals surface area (Å²) in [6.45, 7) is 3.54. The van der Waals surface area contributed by atoms with E-state index in [0.717, 1.165) is 30.7 Å². The van der Waals surface area contributed by atoms with Gasteiger partial charge in [0.25, 0.3) is 15.7 Å². The Morgan fingerprint density at radius 3 is 2.35 bits per heavy atom. The number of nitro groups is 1. The molecule has 1 aromatic carbocycles. The molecule has 1 N–H and O–H groups in total. The zero-order valence-electron chi connectivity index (χ0n) is 11.2. The second-order valence-corrected chi connectivity index (χ2v) is 6.09. The van der Waals surface area contributed by atoms with E-state index in [4.69, 9.17) is 0 Å². The molecule has 1 atom stereocenters. The van der Waals surface area contributed by atoms with Gasteiger partial charge in [0.1, 0.15) is 0 Å². The first-order valence-corrected chi connectivity index (χ1v) is 7.57. The molecular weight excluding hydrogens is 284 g/mol. The van der Waals surface area contributed by atoms with Crippen LogP contribution in [0.3, 0.4) is 0 Å². The summed E-state index contributed by atoms with van der Waals surface area (Å²) in [7, 11) is -3.99. The molecule has 0 aromatic heterocycles. The largest absolute Gasteiger partial charge is 0.274 e. The molecule has 20 heavy (non-hydrogen) atoms. The number of rotatable bonds is 6. The van der Waals surface area contributed by atoms with Crippen LogP contribution in [0.25, 0.3) is 0 Å². The Labute approximate surface area is 117 Å². The molecule has 0 bridgehead atoms. The third kappa shape index (κ3) is 4.02. The number of sulfonamides is 1. The highest BCUT2D eigenvalue weighted by atomic mass is 32.2. The van der Waals surface area contributed by atoms with Crippen LogP contribution in [0.15, 0.2) is 29.2 Å². The number of non-ortho nitro benzene ring substituents is 1. The third-order valence-electron chi connectivity index (χ3n) is 2.76. The second-order valence-electron chi connectivity index (χ2n) is 4.41. The van der Waals surface area contributed by atoms with Crippen molar-refractivity contribution in [2.24, 2.45) is 5.92 Å². The number of nitro benzene ring substituents is 1. The molecule has 0 radical (unpaired) electrons. The van der Waals surface area contributed by atoms with Crippen molar-refractivity contribution in [3.63, 3.8) is 0 Å². The fourth-order valence-electron chi connectivity index (χ4n) is 1.60. The quantitative estimate of drug-likeness (QED) is 0.637. The Kier molecular flexibility index (Phi) is 5.20. The van der Waals surface area contributed by atoms with Crippen molar-refractivity contribution < 1.29 is 18.1 Å². The number of hydrogen-bond acceptors (Lipinski definition) is 5. The minimum absolute atomic E-state index is 0.180. The SMILES string of the molecule is CCCC(C)C(=O)NS(=O)(=O)c1ccc([N+](=O)[O-])cc1. The predicted molar refractivity (Wildman–Crippen MR) is 72.5 cm³/mol. The van der Waals surface area contributed by atoms with Crippen LogP contribution in [-0.2, 0) is 14.8 Å². The van der Waals surface area contributed by atoms with Crippen molar-refractivity contribution in [2.75, 3.05) is 0 Å². The summed E-state index contributed by atoms with van der Waals surface area (Å²) in [4.78, 5) is 21.4. The first-order valence-electron chi connectivity index (χ1n) is 6.09. The van der Waals surface area contributed by atoms with E-state index in [-0.39, 0.29) is 10.6 Å². The maximum absolute atomic E-state index is 11.9. The van der Waals surface area contributed by atoms with E-state index in [9.17, 15) is 23.3 Å². The van der Waals surface area contributed by atoms with Crippen molar-refractivity contribution in [1.29, 1.82) is 0 Å². The summed E-state index contributed by atoms with van der Waals surface area (Å²) in [5, 5.41) is 10.5. The van der Waals surface area contributed by atoms with Gasteiger partial charge < -0.3 is 0 Å². The molecule has 0 aliphatic carbocycles. The van der Waals surface area contributed by atoms with Gasteiger partial charge in [-0.2, -0.15) is 0 Å². The maximum Gasteiger partial charge on any atom is 0.269 e. The van der Waals surface area contributed by atoms with Crippen LogP contribution in [0.2, 0.25) is 0 Å². The lowest BCUT2D eigenvalue weighted by atomic mass is 10.1. The van der Waals surface area contributed by atoms with E-state index in [1.165, 1.54) is 0 Å². The molecule has 1 unspecified atom stereocenters. The van der Waals surface area contributed by atoms with Gasteiger partial charge in [-0.15, -0.1) is 0 Å². The molecule has 1 rings (SSSR count). The van der Waals surface area contributed by atoms with Gasteiger partial charge in [-0.1, -0.05) is 20.3 Å². The van der Waals surface area contributed by atoms with Crippen molar-refractivity contribution in [3.8, 4) is 0 Å². The molecule has 0 heterocycles. The van der Waals surface area contributed by atoms with E-state index < -0.39 is 26.8 Å². The highest BCUT2D eigenvalue weighted by Crippen LogP contribution is 2.16. The number of carbonyl (C=O) groups is 1. The number of hydrogen-bond donors (Lipinski definition) is 1. The van der Waals surface area contributed by atoms with Crippen LogP contribution < -0.4 is 4.72 Å². The monoisotopic (exact) mass is 300 g/mol. The lowest BCUT2D eigenvalue weighted by molar-refractivity contribution is -0.384. The van der Waals surface area contributed by atoms with Crippen LogP contribution in [0.4, 0.5) is 5.69 Å². The molecule has 0 aliphatic rings. The van der Waals surface area contributed by atoms with Crippen LogP contribution in [0, 0.1) is 16.0 Å². The van der Waals surface area contributed by atoms with Crippen LogP contribution in [0.1, 0.15) is 26.7 Å². The van der Waals surface area contributed by atoms with Crippen LogP contribution >= 0.6 is 0 Å². The van der Waals surface area contributed by atoms with Crippen molar-refractivity contribution >= 4 is 21.6 Å². The van der Waals surface area contributed by atoms with Crippen LogP contribution in [-0.4, -0.2) is 19.2 Å². The Morgan fingerprint density at radius 2 is 1.90 bits per heavy atom. The fourth-order valence-corrected chi connectivity index (χ4v) is 2.68. The van der Waals surface area contributed by atoms with Gasteiger partial charge in [0.15, 0.2) is 0 Å². The summed E-state index contributed by atoms with van der Waals surface area (Å²) in [5.41, 5.74) is -0.213. The molecule has 0 saturated carbocycles. The van der Waals surface area contributed by atoms with Gasteiger partial charge in [0.05, 0.1) is 9.82 Å². The first kappa shape index (κ1) is 16.1. The number of carbonyl (C=O) groups excluding carboxylic acids is 1. The topological polar surface area (TPSA) is 106 Å². The molecule has 0 fully saturated rings. The van der Waals surface area contributed by atoms with Crippen LogP contribution in [0.5, 0.6) is 0 Å². The first-order chi connectivity index (χ1) is 9.27. The summed E-state index contributed by atoms with van der Waals surface area (Å²) >= 11 is 0. The molecule has 0 spiro atoms. The lowest BCUT2D eigenvalue weighted by Gasteiger charge is -2.11. The third-order valence-corrected chi connectivity index (χ3v) is 4.12. The van der Waals surface area contributed by atoms with Gasteiger partial charge >= 0.3 is 0 Å². The second kappa shape index (κ2) is 6.47. The van der Waals surface area contributed by atoms with E-state index in [1.807, 2.05) is 11.6 Å². The molecule has 0 aliphatic heterocycles. The molecule has 1 amide bonds. The number of nitrogens with zero attached hydrogens (tertiary/aromatic N) is 1. The highest BCUT2D eigenvalue weighted by molar-refractivity contribution is 7.90. The minimum atomic E-state index is -3.99. The standard InChI is InChI=1S/C12H16N2O5S/c1-3-4-9(2)12(15)13-20(18,19)11-7-5-10(6-8-11)14(16)17/h5-9H,3-4H2,1-2H3,(H,13,15). The van der Waals surface area contributed by atoms with E-state index in [2.05, 4.69) is 0 Å². The van der Waals surface area contributed by atoms with Crippen molar-refractivity contribution in [1.82, 2.24) is 4.72 Å². The Hall–Kier alpha value is -1.96. The van der Waals surface area contributed by atoms with Crippen molar-refractivity contribution in [2.45, 2.75) is 31.6 Å². The normalized spacial score (nSPS) is 12.7. The zero-order chi connectivity index (χ0) is 15.3. The van der Waals surface area contributed by atoms with E-state index in [0.29, 0.717) is 6.42 Å². The van der Waals surface area contributed by atoms with E-state index in [1.54, 1.807) is 6.92 Å². The minimum Gasteiger partial charge on any atom is -0.274 e. The molecule has 110 valence electrons.